The predicted octanol–water partition coefficient (Wildman–Crippen LogP) is 3.61. The Morgan fingerprint density at radius 2 is 2.29 bits per heavy atom. The van der Waals surface area contributed by atoms with Gasteiger partial charge in [-0.05, 0) is 24.6 Å². The van der Waals surface area contributed by atoms with Gasteiger partial charge in [-0.3, -0.25) is 9.78 Å². The zero-order valence-electron chi connectivity index (χ0n) is 9.24. The molecule has 2 aromatic heterocycles. The summed E-state index contributed by atoms with van der Waals surface area (Å²) in [5, 5.41) is 3.23. The van der Waals surface area contributed by atoms with Gasteiger partial charge in [0.25, 0.3) is 5.91 Å². The highest BCUT2D eigenvalue weighted by molar-refractivity contribution is 7.14. The molecule has 0 spiro atoms. The highest BCUT2D eigenvalue weighted by Crippen LogP contribution is 2.22. The molecular formula is C12H11ClN2OS. The van der Waals surface area contributed by atoms with Crippen molar-refractivity contribution in [1.29, 1.82) is 0 Å². The number of amides is 1. The van der Waals surface area contributed by atoms with Gasteiger partial charge in [0.05, 0.1) is 21.8 Å². The molecule has 0 atom stereocenters. The smallest absolute Gasteiger partial charge is 0.265 e. The molecule has 2 rings (SSSR count). The molecule has 0 aliphatic carbocycles. The summed E-state index contributed by atoms with van der Waals surface area (Å²) >= 11 is 7.43. The molecule has 0 bridgehead atoms. The van der Waals surface area contributed by atoms with Crippen molar-refractivity contribution in [3.63, 3.8) is 0 Å². The van der Waals surface area contributed by atoms with E-state index in [1.54, 1.807) is 12.3 Å². The number of pyridine rings is 1. The number of nitrogens with zero attached hydrogens (tertiary/aromatic N) is 1. The maximum atomic E-state index is 11.9. The fourth-order valence-electron chi connectivity index (χ4n) is 1.34. The van der Waals surface area contributed by atoms with Gasteiger partial charge in [0.2, 0.25) is 0 Å². The lowest BCUT2D eigenvalue weighted by atomic mass is 10.3. The van der Waals surface area contributed by atoms with Crippen molar-refractivity contribution >= 4 is 34.5 Å². The van der Waals surface area contributed by atoms with E-state index in [1.807, 2.05) is 12.1 Å². The molecule has 0 radical (unpaired) electrons. The number of anilines is 1. The summed E-state index contributed by atoms with van der Waals surface area (Å²) < 4.78 is 0. The van der Waals surface area contributed by atoms with E-state index in [-0.39, 0.29) is 5.91 Å². The topological polar surface area (TPSA) is 42.0 Å². The molecule has 17 heavy (non-hydrogen) atoms. The number of rotatable bonds is 3. The van der Waals surface area contributed by atoms with Crippen LogP contribution in [0.3, 0.4) is 0 Å². The van der Waals surface area contributed by atoms with Crippen LogP contribution in [0.4, 0.5) is 5.69 Å². The van der Waals surface area contributed by atoms with Crippen molar-refractivity contribution in [2.24, 2.45) is 0 Å². The normalized spacial score (nSPS) is 10.2. The maximum Gasteiger partial charge on any atom is 0.265 e. The molecule has 0 saturated heterocycles. The van der Waals surface area contributed by atoms with Crippen LogP contribution in [0.2, 0.25) is 5.02 Å². The van der Waals surface area contributed by atoms with Crippen molar-refractivity contribution < 1.29 is 4.79 Å². The molecule has 3 nitrogen and oxygen atoms in total. The van der Waals surface area contributed by atoms with E-state index in [1.165, 1.54) is 22.4 Å². The number of hydrogen-bond acceptors (Lipinski definition) is 3. The summed E-state index contributed by atoms with van der Waals surface area (Å²) in [6.45, 7) is 2.06. The molecular weight excluding hydrogens is 256 g/mol. The fraction of sp³-hybridized carbons (Fsp3) is 0.167. The van der Waals surface area contributed by atoms with Gasteiger partial charge in [-0.25, -0.2) is 0 Å². The number of hydrogen-bond donors (Lipinski definition) is 1. The minimum Gasteiger partial charge on any atom is -0.319 e. The summed E-state index contributed by atoms with van der Waals surface area (Å²) in [5.41, 5.74) is 0.533. The van der Waals surface area contributed by atoms with Crippen LogP contribution in [0.1, 0.15) is 21.5 Å². The number of aromatic nitrogens is 1. The monoisotopic (exact) mass is 266 g/mol. The Labute approximate surface area is 108 Å². The Balaban J connectivity index is 2.14. The van der Waals surface area contributed by atoms with Gasteiger partial charge >= 0.3 is 0 Å². The lowest BCUT2D eigenvalue weighted by Gasteiger charge is -2.04. The van der Waals surface area contributed by atoms with Gasteiger partial charge in [-0.1, -0.05) is 18.5 Å². The van der Waals surface area contributed by atoms with E-state index in [0.29, 0.717) is 15.6 Å². The third-order valence-corrected chi connectivity index (χ3v) is 3.81. The molecule has 0 aliphatic heterocycles. The first-order chi connectivity index (χ1) is 8.20. The Morgan fingerprint density at radius 3 is 2.94 bits per heavy atom. The first-order valence-corrected chi connectivity index (χ1v) is 6.39. The average molecular weight is 267 g/mol. The molecule has 0 saturated carbocycles. The molecule has 0 unspecified atom stereocenters. The third kappa shape index (κ3) is 2.84. The molecule has 5 heteroatoms. The number of carbonyl (C=O) groups is 1. The molecule has 0 aliphatic rings. The van der Waals surface area contributed by atoms with Gasteiger partial charge in [-0.15, -0.1) is 11.3 Å². The lowest BCUT2D eigenvalue weighted by Crippen LogP contribution is -2.10. The largest absolute Gasteiger partial charge is 0.319 e. The van der Waals surface area contributed by atoms with E-state index in [4.69, 9.17) is 11.6 Å². The molecule has 0 aromatic carbocycles. The van der Waals surface area contributed by atoms with E-state index < -0.39 is 0 Å². The van der Waals surface area contributed by atoms with Crippen LogP contribution in [0.25, 0.3) is 0 Å². The van der Waals surface area contributed by atoms with Crippen molar-refractivity contribution in [2.45, 2.75) is 13.3 Å². The molecule has 0 fully saturated rings. The van der Waals surface area contributed by atoms with Gasteiger partial charge in [0.1, 0.15) is 0 Å². The highest BCUT2D eigenvalue weighted by atomic mass is 35.5. The molecule has 1 N–H and O–H groups in total. The van der Waals surface area contributed by atoms with Crippen LogP contribution in [-0.2, 0) is 6.42 Å². The van der Waals surface area contributed by atoms with Crippen molar-refractivity contribution in [3.8, 4) is 0 Å². The van der Waals surface area contributed by atoms with Crippen molar-refractivity contribution in [1.82, 2.24) is 4.98 Å². The maximum absolute atomic E-state index is 11.9. The van der Waals surface area contributed by atoms with Crippen LogP contribution >= 0.6 is 22.9 Å². The average Bonchev–Trinajstić information content (AvgIpc) is 2.81. The quantitative estimate of drug-likeness (QED) is 0.922. The van der Waals surface area contributed by atoms with Gasteiger partial charge in [0.15, 0.2) is 0 Å². The zero-order chi connectivity index (χ0) is 12.3. The van der Waals surface area contributed by atoms with Crippen LogP contribution in [-0.4, -0.2) is 10.9 Å². The SMILES string of the molecule is CCc1ccc(C(=O)Nc2cnccc2Cl)s1. The summed E-state index contributed by atoms with van der Waals surface area (Å²) in [6.07, 6.45) is 4.05. The lowest BCUT2D eigenvalue weighted by molar-refractivity contribution is 0.103. The number of carbonyl (C=O) groups excluding carboxylic acids is 1. The third-order valence-electron chi connectivity index (χ3n) is 2.25. The van der Waals surface area contributed by atoms with E-state index in [0.717, 1.165) is 6.42 Å². The second-order valence-corrected chi connectivity index (χ2v) is 5.00. The Bertz CT molecular complexity index is 539. The van der Waals surface area contributed by atoms with E-state index in [2.05, 4.69) is 17.2 Å². The minimum atomic E-state index is -0.149. The van der Waals surface area contributed by atoms with Crippen LogP contribution in [0.15, 0.2) is 30.6 Å². The molecule has 2 aromatic rings. The van der Waals surface area contributed by atoms with Crippen molar-refractivity contribution in [3.05, 3.63) is 45.4 Å². The second-order valence-electron chi connectivity index (χ2n) is 3.43. The van der Waals surface area contributed by atoms with Gasteiger partial charge in [0, 0.05) is 11.1 Å². The first kappa shape index (κ1) is 12.1. The molecule has 88 valence electrons. The Morgan fingerprint density at radius 1 is 1.47 bits per heavy atom. The van der Waals surface area contributed by atoms with Crippen LogP contribution in [0.5, 0.6) is 0 Å². The second kappa shape index (κ2) is 5.29. The van der Waals surface area contributed by atoms with Gasteiger partial charge < -0.3 is 5.32 Å². The standard InChI is InChI=1S/C12H11ClN2OS/c1-2-8-3-4-11(17-8)12(16)15-10-7-14-6-5-9(10)13/h3-7H,2H2,1H3,(H,15,16). The number of aryl methyl sites for hydroxylation is 1. The van der Waals surface area contributed by atoms with Gasteiger partial charge in [-0.2, -0.15) is 0 Å². The number of thiophene rings is 1. The van der Waals surface area contributed by atoms with Crippen LogP contribution in [0, 0.1) is 0 Å². The Hall–Kier alpha value is -1.39. The predicted molar refractivity (Wildman–Crippen MR) is 70.9 cm³/mol. The molecule has 1 amide bonds. The Kier molecular flexibility index (Phi) is 3.76. The first-order valence-electron chi connectivity index (χ1n) is 5.20. The summed E-state index contributed by atoms with van der Waals surface area (Å²) in [6, 6.07) is 5.43. The van der Waals surface area contributed by atoms with Crippen molar-refractivity contribution in [2.75, 3.05) is 5.32 Å². The fourth-order valence-corrected chi connectivity index (χ4v) is 2.34. The number of nitrogens with one attached hydrogen (secondary N) is 1. The highest BCUT2D eigenvalue weighted by Gasteiger charge is 2.10. The summed E-state index contributed by atoms with van der Waals surface area (Å²) in [4.78, 5) is 17.7. The number of halogens is 1. The minimum absolute atomic E-state index is 0.149. The molecule has 2 heterocycles. The van der Waals surface area contributed by atoms with E-state index >= 15 is 0 Å². The van der Waals surface area contributed by atoms with Crippen LogP contribution < -0.4 is 5.32 Å². The van der Waals surface area contributed by atoms with E-state index in [9.17, 15) is 4.79 Å². The summed E-state index contributed by atoms with van der Waals surface area (Å²) in [7, 11) is 0. The summed E-state index contributed by atoms with van der Waals surface area (Å²) in [5.74, 6) is -0.149. The zero-order valence-corrected chi connectivity index (χ0v) is 10.8.